The quantitative estimate of drug-likeness (QED) is 0.488. The smallest absolute Gasteiger partial charge is 0.266 e. The number of hydrogen-bond acceptors (Lipinski definition) is 8. The molecule has 3 aromatic rings. The first-order valence-electron chi connectivity index (χ1n) is 11.2. The molecule has 2 amide bonds. The van der Waals surface area contributed by atoms with Crippen LogP contribution in [0.4, 0.5) is 11.4 Å². The van der Waals surface area contributed by atoms with Gasteiger partial charge in [0, 0.05) is 5.56 Å². The van der Waals surface area contributed by atoms with Crippen LogP contribution in [0.25, 0.3) is 0 Å². The molecule has 2 heterocycles. The van der Waals surface area contributed by atoms with Crippen molar-refractivity contribution in [2.45, 2.75) is 12.1 Å². The number of benzene rings is 3. The second kappa shape index (κ2) is 9.24. The zero-order valence-corrected chi connectivity index (χ0v) is 19.9. The molecule has 5 rings (SSSR count). The number of nitriles is 1. The number of para-hydroxylation sites is 1. The lowest BCUT2D eigenvalue weighted by molar-refractivity contribution is -0.126. The number of methoxy groups -OCH3 is 3. The van der Waals surface area contributed by atoms with E-state index in [1.54, 1.807) is 41.5 Å². The van der Waals surface area contributed by atoms with Crippen molar-refractivity contribution in [1.29, 1.82) is 5.26 Å². The molecule has 2 saturated heterocycles. The fourth-order valence-corrected chi connectivity index (χ4v) is 4.83. The van der Waals surface area contributed by atoms with Gasteiger partial charge in [0.2, 0.25) is 11.7 Å². The number of carbonyl (C=O) groups excluding carboxylic acids is 2. The Bertz CT molecular complexity index is 1350. The Morgan fingerprint density at radius 3 is 2.11 bits per heavy atom. The van der Waals surface area contributed by atoms with Crippen LogP contribution in [0.15, 0.2) is 66.7 Å². The van der Waals surface area contributed by atoms with Gasteiger partial charge in [-0.25, -0.2) is 9.96 Å². The van der Waals surface area contributed by atoms with Crippen LogP contribution in [0.1, 0.15) is 17.2 Å². The number of rotatable bonds is 6. The maximum absolute atomic E-state index is 13.8. The molecule has 0 saturated carbocycles. The summed E-state index contributed by atoms with van der Waals surface area (Å²) >= 11 is 0. The van der Waals surface area contributed by atoms with Gasteiger partial charge in [-0.05, 0) is 48.5 Å². The second-order valence-electron chi connectivity index (χ2n) is 8.25. The third kappa shape index (κ3) is 3.51. The molecule has 0 spiro atoms. The van der Waals surface area contributed by atoms with E-state index in [2.05, 4.69) is 0 Å². The maximum atomic E-state index is 13.8. The van der Waals surface area contributed by atoms with E-state index in [0.717, 1.165) is 4.90 Å². The van der Waals surface area contributed by atoms with E-state index in [1.165, 1.54) is 21.3 Å². The molecule has 0 radical (unpaired) electrons. The number of imide groups is 1. The Kier molecular flexibility index (Phi) is 5.96. The predicted octanol–water partition coefficient (Wildman–Crippen LogP) is 3.64. The summed E-state index contributed by atoms with van der Waals surface area (Å²) in [6, 6.07) is 20.4. The van der Waals surface area contributed by atoms with Gasteiger partial charge in [0.15, 0.2) is 17.6 Å². The Hall–Kier alpha value is -4.55. The lowest BCUT2D eigenvalue weighted by Gasteiger charge is -2.30. The van der Waals surface area contributed by atoms with Crippen LogP contribution in [-0.2, 0) is 14.4 Å². The highest BCUT2D eigenvalue weighted by atomic mass is 16.7. The van der Waals surface area contributed by atoms with Crippen molar-refractivity contribution >= 4 is 23.2 Å². The number of ether oxygens (including phenoxy) is 3. The fraction of sp³-hybridized carbons (Fsp3) is 0.222. The molecule has 0 N–H and O–H groups in total. The van der Waals surface area contributed by atoms with Crippen molar-refractivity contribution in [2.24, 2.45) is 5.92 Å². The van der Waals surface area contributed by atoms with Crippen molar-refractivity contribution in [3.05, 3.63) is 77.9 Å². The van der Waals surface area contributed by atoms with Crippen LogP contribution in [0.3, 0.4) is 0 Å². The van der Waals surface area contributed by atoms with E-state index in [-0.39, 0.29) is 0 Å². The summed E-state index contributed by atoms with van der Waals surface area (Å²) in [5, 5.41) is 10.7. The topological polar surface area (TPSA) is 101 Å². The molecule has 182 valence electrons. The number of anilines is 2. The minimum absolute atomic E-state index is 0.370. The van der Waals surface area contributed by atoms with Crippen molar-refractivity contribution < 1.29 is 28.6 Å². The first-order chi connectivity index (χ1) is 17.5. The molecular formula is C27H23N3O6. The van der Waals surface area contributed by atoms with Gasteiger partial charge in [0.1, 0.15) is 12.0 Å². The monoisotopic (exact) mass is 485 g/mol. The Labute approximate surface area is 207 Å². The van der Waals surface area contributed by atoms with Crippen LogP contribution < -0.4 is 24.2 Å². The average molecular weight is 485 g/mol. The molecule has 0 aliphatic carbocycles. The molecule has 3 atom stereocenters. The zero-order valence-electron chi connectivity index (χ0n) is 19.9. The minimum Gasteiger partial charge on any atom is -0.493 e. The van der Waals surface area contributed by atoms with E-state index in [4.69, 9.17) is 24.3 Å². The standard InChI is InChI=1S/C27H23N3O6/c1-33-20-14-13-19(23(34-2)24(20)35-3)22-21-25(36-30(22)18-7-5-4-6-8-18)27(32)29(26(21)31)17-11-9-16(15-28)10-12-17/h4-14,21-22,25H,1-3H3/t21-,22+,25-/m0/s1. The van der Waals surface area contributed by atoms with Crippen LogP contribution in [0, 0.1) is 17.2 Å². The van der Waals surface area contributed by atoms with Gasteiger partial charge in [-0.2, -0.15) is 5.26 Å². The van der Waals surface area contributed by atoms with E-state index in [1.807, 2.05) is 36.4 Å². The number of nitrogens with zero attached hydrogens (tertiary/aromatic N) is 3. The lowest BCUT2D eigenvalue weighted by atomic mass is 9.89. The number of amides is 2. The molecule has 0 aromatic heterocycles. The van der Waals surface area contributed by atoms with E-state index in [0.29, 0.717) is 39.8 Å². The molecule has 9 heteroatoms. The second-order valence-corrected chi connectivity index (χ2v) is 8.25. The minimum atomic E-state index is -1.05. The summed E-state index contributed by atoms with van der Waals surface area (Å²) in [7, 11) is 4.53. The van der Waals surface area contributed by atoms with E-state index < -0.39 is 29.9 Å². The average Bonchev–Trinajstić information content (AvgIpc) is 3.43. The van der Waals surface area contributed by atoms with Crippen molar-refractivity contribution in [1.82, 2.24) is 0 Å². The normalized spacial score (nSPS) is 20.8. The molecule has 36 heavy (non-hydrogen) atoms. The summed E-state index contributed by atoms with van der Waals surface area (Å²) in [5.41, 5.74) is 2.09. The molecule has 0 unspecified atom stereocenters. The summed E-state index contributed by atoms with van der Waals surface area (Å²) in [6.07, 6.45) is -1.05. The third-order valence-electron chi connectivity index (χ3n) is 6.43. The summed E-state index contributed by atoms with van der Waals surface area (Å²) in [6.45, 7) is 0. The zero-order chi connectivity index (χ0) is 25.4. The first-order valence-corrected chi connectivity index (χ1v) is 11.2. The molecule has 2 aliphatic rings. The van der Waals surface area contributed by atoms with Crippen molar-refractivity contribution in [2.75, 3.05) is 31.3 Å². The summed E-state index contributed by atoms with van der Waals surface area (Å²) in [4.78, 5) is 34.6. The highest BCUT2D eigenvalue weighted by Crippen LogP contribution is 2.52. The number of hydroxylamine groups is 1. The van der Waals surface area contributed by atoms with Gasteiger partial charge in [-0.1, -0.05) is 18.2 Å². The van der Waals surface area contributed by atoms with E-state index in [9.17, 15) is 9.59 Å². The van der Waals surface area contributed by atoms with Crippen LogP contribution in [0.2, 0.25) is 0 Å². The molecule has 0 bridgehead atoms. The van der Waals surface area contributed by atoms with Gasteiger partial charge in [-0.3, -0.25) is 14.4 Å². The SMILES string of the molecule is COc1ccc([C@@H]2[C@@H]3C(=O)N(c4ccc(C#N)cc4)C(=O)[C@H]3ON2c2ccccc2)c(OC)c1OC. The first kappa shape index (κ1) is 23.2. The van der Waals surface area contributed by atoms with Gasteiger partial charge in [0.05, 0.1) is 44.3 Å². The van der Waals surface area contributed by atoms with E-state index >= 15 is 0 Å². The number of hydrogen-bond donors (Lipinski definition) is 0. The van der Waals surface area contributed by atoms with Crippen molar-refractivity contribution in [3.63, 3.8) is 0 Å². The molecule has 2 aliphatic heterocycles. The summed E-state index contributed by atoms with van der Waals surface area (Å²) < 4.78 is 16.7. The van der Waals surface area contributed by atoms with Crippen LogP contribution >= 0.6 is 0 Å². The molecule has 9 nitrogen and oxygen atoms in total. The fourth-order valence-electron chi connectivity index (χ4n) is 4.83. The molecule has 2 fully saturated rings. The Morgan fingerprint density at radius 1 is 0.806 bits per heavy atom. The van der Waals surface area contributed by atoms with Crippen LogP contribution in [0.5, 0.6) is 17.2 Å². The lowest BCUT2D eigenvalue weighted by Crippen LogP contribution is -2.37. The van der Waals surface area contributed by atoms with Gasteiger partial charge in [-0.15, -0.1) is 0 Å². The van der Waals surface area contributed by atoms with Crippen molar-refractivity contribution in [3.8, 4) is 23.3 Å². The molecular weight excluding hydrogens is 462 g/mol. The Balaban J connectivity index is 1.64. The number of carbonyl (C=O) groups is 2. The predicted molar refractivity (Wildman–Crippen MR) is 130 cm³/mol. The van der Waals surface area contributed by atoms with Crippen LogP contribution in [-0.4, -0.2) is 39.2 Å². The van der Waals surface area contributed by atoms with Gasteiger partial charge < -0.3 is 14.2 Å². The summed E-state index contributed by atoms with van der Waals surface area (Å²) in [5.74, 6) is -0.528. The number of fused-ring (bicyclic) bond motifs is 1. The van der Waals surface area contributed by atoms with Gasteiger partial charge >= 0.3 is 0 Å². The highest BCUT2D eigenvalue weighted by molar-refractivity contribution is 6.24. The highest BCUT2D eigenvalue weighted by Gasteiger charge is 2.61. The third-order valence-corrected chi connectivity index (χ3v) is 6.43. The Morgan fingerprint density at radius 2 is 1.50 bits per heavy atom. The molecule has 3 aromatic carbocycles. The largest absolute Gasteiger partial charge is 0.493 e. The van der Waals surface area contributed by atoms with Gasteiger partial charge in [0.25, 0.3) is 5.91 Å². The maximum Gasteiger partial charge on any atom is 0.266 e.